The fraction of sp³-hybridized carbons (Fsp3) is 1.00. The fourth-order valence-electron chi connectivity index (χ4n) is 1.65. The minimum absolute atomic E-state index is 0.0128. The molecule has 72 valence electrons. The summed E-state index contributed by atoms with van der Waals surface area (Å²) in [4.78, 5) is 2.24. The number of methoxy groups -OCH3 is 1. The van der Waals surface area contributed by atoms with Gasteiger partial charge in [0.2, 0.25) is 0 Å². The van der Waals surface area contributed by atoms with E-state index < -0.39 is 0 Å². The number of rotatable bonds is 2. The van der Waals surface area contributed by atoms with Gasteiger partial charge in [-0.3, -0.25) is 0 Å². The Labute approximate surface area is 74.6 Å². The molecule has 3 heteroatoms. The minimum atomic E-state index is -0.0128. The zero-order valence-corrected chi connectivity index (χ0v) is 8.41. The van der Waals surface area contributed by atoms with Gasteiger partial charge in [-0.2, -0.15) is 0 Å². The molecule has 1 rings (SSSR count). The maximum Gasteiger partial charge on any atom is 0.159 e. The SMILES string of the molecule is CO[C@H]1CC(N(C)C)C[C@@H](C)O1. The summed E-state index contributed by atoms with van der Waals surface area (Å²) in [6.45, 7) is 2.10. The summed E-state index contributed by atoms with van der Waals surface area (Å²) in [5, 5.41) is 0. The van der Waals surface area contributed by atoms with Crippen LogP contribution in [0.2, 0.25) is 0 Å². The smallest absolute Gasteiger partial charge is 0.159 e. The Morgan fingerprint density at radius 3 is 2.50 bits per heavy atom. The molecule has 1 heterocycles. The van der Waals surface area contributed by atoms with Crippen molar-refractivity contribution in [3.63, 3.8) is 0 Å². The monoisotopic (exact) mass is 173 g/mol. The van der Waals surface area contributed by atoms with Crippen molar-refractivity contribution in [2.75, 3.05) is 21.2 Å². The highest BCUT2D eigenvalue weighted by molar-refractivity contribution is 4.76. The molecule has 0 aromatic rings. The second-order valence-corrected chi connectivity index (χ2v) is 3.70. The van der Waals surface area contributed by atoms with Gasteiger partial charge in [-0.15, -0.1) is 0 Å². The standard InChI is InChI=1S/C9H19NO2/c1-7-5-8(10(2)3)6-9(11-4)12-7/h7-9H,5-6H2,1-4H3/t7-,8?,9-/m1/s1. The van der Waals surface area contributed by atoms with Crippen LogP contribution in [0.15, 0.2) is 0 Å². The van der Waals surface area contributed by atoms with Crippen molar-refractivity contribution in [1.82, 2.24) is 4.90 Å². The summed E-state index contributed by atoms with van der Waals surface area (Å²) in [6, 6.07) is 0.596. The van der Waals surface area contributed by atoms with Crippen LogP contribution in [0.1, 0.15) is 19.8 Å². The lowest BCUT2D eigenvalue weighted by Crippen LogP contribution is -2.42. The van der Waals surface area contributed by atoms with Crippen molar-refractivity contribution >= 4 is 0 Å². The van der Waals surface area contributed by atoms with Crippen LogP contribution in [-0.2, 0) is 9.47 Å². The first-order chi connectivity index (χ1) is 5.63. The predicted molar refractivity (Wildman–Crippen MR) is 48.1 cm³/mol. The first kappa shape index (κ1) is 9.96. The Kier molecular flexibility index (Phi) is 3.50. The molecular weight excluding hydrogens is 154 g/mol. The van der Waals surface area contributed by atoms with Crippen LogP contribution in [0.25, 0.3) is 0 Å². The molecule has 3 atom stereocenters. The molecular formula is C9H19NO2. The van der Waals surface area contributed by atoms with Crippen LogP contribution >= 0.6 is 0 Å². The molecule has 0 radical (unpaired) electrons. The molecule has 0 amide bonds. The molecule has 0 N–H and O–H groups in total. The summed E-state index contributed by atoms with van der Waals surface area (Å²) in [6.07, 6.45) is 2.39. The highest BCUT2D eigenvalue weighted by atomic mass is 16.7. The maximum absolute atomic E-state index is 5.57. The van der Waals surface area contributed by atoms with E-state index in [9.17, 15) is 0 Å². The van der Waals surface area contributed by atoms with Crippen molar-refractivity contribution in [1.29, 1.82) is 0 Å². The van der Waals surface area contributed by atoms with Crippen molar-refractivity contribution in [3.8, 4) is 0 Å². The highest BCUT2D eigenvalue weighted by Gasteiger charge is 2.27. The van der Waals surface area contributed by atoms with Crippen LogP contribution in [0, 0.1) is 0 Å². The zero-order chi connectivity index (χ0) is 9.14. The van der Waals surface area contributed by atoms with E-state index in [-0.39, 0.29) is 6.29 Å². The van der Waals surface area contributed by atoms with E-state index in [1.165, 1.54) is 0 Å². The third-order valence-corrected chi connectivity index (χ3v) is 2.45. The average molecular weight is 173 g/mol. The normalized spacial score (nSPS) is 37.2. The molecule has 1 fully saturated rings. The van der Waals surface area contributed by atoms with Gasteiger partial charge in [0.25, 0.3) is 0 Å². The molecule has 0 aromatic heterocycles. The lowest BCUT2D eigenvalue weighted by Gasteiger charge is -2.36. The van der Waals surface area contributed by atoms with Gasteiger partial charge >= 0.3 is 0 Å². The summed E-state index contributed by atoms with van der Waals surface area (Å²) in [5.74, 6) is 0. The van der Waals surface area contributed by atoms with E-state index in [1.54, 1.807) is 7.11 Å². The Balaban J connectivity index is 2.45. The quantitative estimate of drug-likeness (QED) is 0.624. The number of nitrogens with zero attached hydrogens (tertiary/aromatic N) is 1. The summed E-state index contributed by atoms with van der Waals surface area (Å²) in [7, 11) is 5.92. The van der Waals surface area contributed by atoms with E-state index >= 15 is 0 Å². The first-order valence-corrected chi connectivity index (χ1v) is 4.48. The van der Waals surface area contributed by atoms with Crippen LogP contribution in [-0.4, -0.2) is 44.5 Å². The Hall–Kier alpha value is -0.120. The number of ether oxygens (including phenoxy) is 2. The van der Waals surface area contributed by atoms with Crippen molar-refractivity contribution in [2.24, 2.45) is 0 Å². The Morgan fingerprint density at radius 2 is 2.00 bits per heavy atom. The van der Waals surface area contributed by atoms with Gasteiger partial charge in [-0.1, -0.05) is 0 Å². The largest absolute Gasteiger partial charge is 0.356 e. The van der Waals surface area contributed by atoms with Gasteiger partial charge in [0.1, 0.15) is 0 Å². The molecule has 0 saturated carbocycles. The molecule has 0 aromatic carbocycles. The van der Waals surface area contributed by atoms with Gasteiger partial charge in [0, 0.05) is 19.6 Å². The molecule has 1 saturated heterocycles. The molecule has 1 aliphatic heterocycles. The Bertz CT molecular complexity index is 138. The van der Waals surface area contributed by atoms with Crippen LogP contribution in [0.4, 0.5) is 0 Å². The summed E-state index contributed by atoms with van der Waals surface area (Å²) in [5.41, 5.74) is 0. The van der Waals surface area contributed by atoms with Crippen molar-refractivity contribution in [2.45, 2.75) is 38.2 Å². The lowest BCUT2D eigenvalue weighted by atomic mass is 10.0. The molecule has 3 nitrogen and oxygen atoms in total. The Morgan fingerprint density at radius 1 is 1.33 bits per heavy atom. The van der Waals surface area contributed by atoms with Crippen LogP contribution in [0.5, 0.6) is 0 Å². The van der Waals surface area contributed by atoms with E-state index in [2.05, 4.69) is 25.9 Å². The van der Waals surface area contributed by atoms with Gasteiger partial charge in [0.05, 0.1) is 6.10 Å². The molecule has 0 aliphatic carbocycles. The van der Waals surface area contributed by atoms with E-state index in [1.807, 2.05) is 0 Å². The molecule has 12 heavy (non-hydrogen) atoms. The predicted octanol–water partition coefficient (Wildman–Crippen LogP) is 1.09. The lowest BCUT2D eigenvalue weighted by molar-refractivity contribution is -0.188. The topological polar surface area (TPSA) is 21.7 Å². The van der Waals surface area contributed by atoms with Gasteiger partial charge < -0.3 is 14.4 Å². The third kappa shape index (κ3) is 2.44. The van der Waals surface area contributed by atoms with Crippen LogP contribution in [0.3, 0.4) is 0 Å². The van der Waals surface area contributed by atoms with Gasteiger partial charge in [-0.05, 0) is 27.4 Å². The van der Waals surface area contributed by atoms with E-state index in [4.69, 9.17) is 9.47 Å². The molecule has 0 bridgehead atoms. The fourth-order valence-corrected chi connectivity index (χ4v) is 1.65. The second-order valence-electron chi connectivity index (χ2n) is 3.70. The summed E-state index contributed by atoms with van der Waals surface area (Å²) < 4.78 is 10.8. The van der Waals surface area contributed by atoms with Gasteiger partial charge in [0.15, 0.2) is 6.29 Å². The van der Waals surface area contributed by atoms with E-state index in [0.29, 0.717) is 12.1 Å². The van der Waals surface area contributed by atoms with Crippen molar-refractivity contribution < 1.29 is 9.47 Å². The van der Waals surface area contributed by atoms with Crippen molar-refractivity contribution in [3.05, 3.63) is 0 Å². The molecule has 1 unspecified atom stereocenters. The number of hydrogen-bond acceptors (Lipinski definition) is 3. The first-order valence-electron chi connectivity index (χ1n) is 4.48. The number of hydrogen-bond donors (Lipinski definition) is 0. The molecule has 0 spiro atoms. The van der Waals surface area contributed by atoms with E-state index in [0.717, 1.165) is 12.8 Å². The second kappa shape index (κ2) is 4.21. The maximum atomic E-state index is 5.57. The van der Waals surface area contributed by atoms with Gasteiger partial charge in [-0.25, -0.2) is 0 Å². The third-order valence-electron chi connectivity index (χ3n) is 2.45. The minimum Gasteiger partial charge on any atom is -0.356 e. The average Bonchev–Trinajstić information content (AvgIpc) is 2.03. The highest BCUT2D eigenvalue weighted by Crippen LogP contribution is 2.22. The summed E-state index contributed by atoms with van der Waals surface area (Å²) >= 11 is 0. The van der Waals surface area contributed by atoms with Crippen LogP contribution < -0.4 is 0 Å². The zero-order valence-electron chi connectivity index (χ0n) is 8.41. The molecule has 1 aliphatic rings.